The Hall–Kier alpha value is -0.770. The molecular weight excluding hydrogens is 259 g/mol. The van der Waals surface area contributed by atoms with Crippen molar-refractivity contribution in [3.63, 3.8) is 0 Å². The maximum Gasteiger partial charge on any atom is 0.256 e. The third-order valence-corrected chi connectivity index (χ3v) is 3.71. The van der Waals surface area contributed by atoms with Gasteiger partial charge in [0.1, 0.15) is 0 Å². The van der Waals surface area contributed by atoms with Crippen LogP contribution in [0.15, 0.2) is 18.2 Å². The molecule has 0 aliphatic carbocycles. The topological polar surface area (TPSA) is 46.3 Å². The van der Waals surface area contributed by atoms with Gasteiger partial charge in [-0.05, 0) is 31.0 Å². The maximum atomic E-state index is 12.3. The van der Waals surface area contributed by atoms with Crippen molar-refractivity contribution in [1.82, 2.24) is 4.90 Å². The highest BCUT2D eigenvalue weighted by atomic mass is 35.5. The SMILES string of the molecule is NCC1CCN(C(=O)c2c(Cl)cccc2Cl)C1. The predicted octanol–water partition coefficient (Wildman–Crippen LogP) is 2.41. The van der Waals surface area contributed by atoms with Gasteiger partial charge in [0.15, 0.2) is 0 Å². The third kappa shape index (κ3) is 2.57. The van der Waals surface area contributed by atoms with Gasteiger partial charge in [-0.2, -0.15) is 0 Å². The van der Waals surface area contributed by atoms with E-state index in [-0.39, 0.29) is 5.91 Å². The van der Waals surface area contributed by atoms with E-state index in [0.29, 0.717) is 34.6 Å². The largest absolute Gasteiger partial charge is 0.338 e. The number of benzene rings is 1. The van der Waals surface area contributed by atoms with Gasteiger partial charge in [-0.1, -0.05) is 29.3 Å². The second-order valence-electron chi connectivity index (χ2n) is 4.24. The summed E-state index contributed by atoms with van der Waals surface area (Å²) < 4.78 is 0. The van der Waals surface area contributed by atoms with Crippen molar-refractivity contribution in [2.75, 3.05) is 19.6 Å². The lowest BCUT2D eigenvalue weighted by Gasteiger charge is -2.17. The average Bonchev–Trinajstić information content (AvgIpc) is 2.77. The van der Waals surface area contributed by atoms with E-state index in [1.54, 1.807) is 23.1 Å². The fraction of sp³-hybridized carbons (Fsp3) is 0.417. The number of rotatable bonds is 2. The summed E-state index contributed by atoms with van der Waals surface area (Å²) in [5.74, 6) is 0.289. The Labute approximate surface area is 110 Å². The van der Waals surface area contributed by atoms with Crippen LogP contribution in [-0.4, -0.2) is 30.4 Å². The normalized spacial score (nSPS) is 19.7. The van der Waals surface area contributed by atoms with Crippen molar-refractivity contribution >= 4 is 29.1 Å². The minimum Gasteiger partial charge on any atom is -0.338 e. The summed E-state index contributed by atoms with van der Waals surface area (Å²) in [6, 6.07) is 5.09. The first-order valence-electron chi connectivity index (χ1n) is 5.57. The van der Waals surface area contributed by atoms with Crippen LogP contribution in [0.5, 0.6) is 0 Å². The molecule has 1 aromatic carbocycles. The van der Waals surface area contributed by atoms with Crippen molar-refractivity contribution in [2.24, 2.45) is 11.7 Å². The summed E-state index contributed by atoms with van der Waals surface area (Å²) in [7, 11) is 0. The molecule has 1 aliphatic heterocycles. The van der Waals surface area contributed by atoms with Crippen LogP contribution in [0.3, 0.4) is 0 Å². The van der Waals surface area contributed by atoms with E-state index in [2.05, 4.69) is 0 Å². The van der Waals surface area contributed by atoms with Gasteiger partial charge in [0, 0.05) is 13.1 Å². The Bertz CT molecular complexity index is 416. The van der Waals surface area contributed by atoms with E-state index in [9.17, 15) is 4.79 Å². The standard InChI is InChI=1S/C12H14Cl2N2O/c13-9-2-1-3-10(14)11(9)12(17)16-5-4-8(6-15)7-16/h1-3,8H,4-7,15H2. The number of nitrogens with zero attached hydrogens (tertiary/aromatic N) is 1. The van der Waals surface area contributed by atoms with Gasteiger partial charge < -0.3 is 10.6 Å². The highest BCUT2D eigenvalue weighted by Gasteiger charge is 2.28. The minimum absolute atomic E-state index is 0.100. The van der Waals surface area contributed by atoms with Crippen LogP contribution >= 0.6 is 23.2 Å². The molecule has 0 spiro atoms. The lowest BCUT2D eigenvalue weighted by molar-refractivity contribution is 0.0788. The molecule has 3 nitrogen and oxygen atoms in total. The van der Waals surface area contributed by atoms with Crippen molar-refractivity contribution in [2.45, 2.75) is 6.42 Å². The summed E-state index contributed by atoms with van der Waals surface area (Å²) in [6.07, 6.45) is 0.949. The van der Waals surface area contributed by atoms with Crippen molar-refractivity contribution in [3.8, 4) is 0 Å². The lowest BCUT2D eigenvalue weighted by Crippen LogP contribution is -2.30. The molecule has 1 aromatic rings. The highest BCUT2D eigenvalue weighted by molar-refractivity contribution is 6.39. The van der Waals surface area contributed by atoms with Crippen LogP contribution in [0.25, 0.3) is 0 Å². The molecule has 1 heterocycles. The molecule has 1 amide bonds. The maximum absolute atomic E-state index is 12.3. The highest BCUT2D eigenvalue weighted by Crippen LogP contribution is 2.27. The van der Waals surface area contributed by atoms with Gasteiger partial charge in [-0.15, -0.1) is 0 Å². The van der Waals surface area contributed by atoms with Crippen molar-refractivity contribution < 1.29 is 4.79 Å². The predicted molar refractivity (Wildman–Crippen MR) is 69.5 cm³/mol. The van der Waals surface area contributed by atoms with E-state index in [4.69, 9.17) is 28.9 Å². The third-order valence-electron chi connectivity index (χ3n) is 3.08. The van der Waals surface area contributed by atoms with Gasteiger partial charge in [0.25, 0.3) is 5.91 Å². The number of hydrogen-bond acceptors (Lipinski definition) is 2. The molecule has 1 aliphatic rings. The molecule has 1 atom stereocenters. The van der Waals surface area contributed by atoms with Gasteiger partial charge >= 0.3 is 0 Å². The van der Waals surface area contributed by atoms with Crippen molar-refractivity contribution in [1.29, 1.82) is 0 Å². The van der Waals surface area contributed by atoms with Crippen LogP contribution in [0.4, 0.5) is 0 Å². The van der Waals surface area contributed by atoms with Crippen LogP contribution < -0.4 is 5.73 Å². The lowest BCUT2D eigenvalue weighted by atomic mass is 10.1. The number of nitrogens with two attached hydrogens (primary N) is 1. The number of carbonyl (C=O) groups is 1. The first kappa shape index (κ1) is 12.7. The van der Waals surface area contributed by atoms with Gasteiger partial charge in [-0.25, -0.2) is 0 Å². The molecule has 0 aromatic heterocycles. The fourth-order valence-electron chi connectivity index (χ4n) is 2.07. The van der Waals surface area contributed by atoms with Gasteiger partial charge in [-0.3, -0.25) is 4.79 Å². The molecule has 0 saturated carbocycles. The van der Waals surface area contributed by atoms with Crippen LogP contribution in [0.2, 0.25) is 10.0 Å². The smallest absolute Gasteiger partial charge is 0.256 e. The van der Waals surface area contributed by atoms with Crippen LogP contribution in [0.1, 0.15) is 16.8 Å². The van der Waals surface area contributed by atoms with E-state index in [0.717, 1.165) is 13.0 Å². The summed E-state index contributed by atoms with van der Waals surface area (Å²) in [6.45, 7) is 2.03. The number of carbonyl (C=O) groups excluding carboxylic acids is 1. The molecule has 0 radical (unpaired) electrons. The molecule has 1 saturated heterocycles. The van der Waals surface area contributed by atoms with Gasteiger partial charge in [0.05, 0.1) is 15.6 Å². The molecule has 17 heavy (non-hydrogen) atoms. The first-order chi connectivity index (χ1) is 8.13. The molecule has 2 N–H and O–H groups in total. The zero-order valence-electron chi connectivity index (χ0n) is 9.33. The van der Waals surface area contributed by atoms with E-state index in [1.807, 2.05) is 0 Å². The van der Waals surface area contributed by atoms with E-state index >= 15 is 0 Å². The first-order valence-corrected chi connectivity index (χ1v) is 6.32. The summed E-state index contributed by atoms with van der Waals surface area (Å²) >= 11 is 12.0. The number of hydrogen-bond donors (Lipinski definition) is 1. The molecular formula is C12H14Cl2N2O. The number of halogens is 2. The number of likely N-dealkylation sites (tertiary alicyclic amines) is 1. The number of amides is 1. The molecule has 2 rings (SSSR count). The summed E-state index contributed by atoms with van der Waals surface area (Å²) in [5.41, 5.74) is 6.00. The summed E-state index contributed by atoms with van der Waals surface area (Å²) in [4.78, 5) is 14.0. The quantitative estimate of drug-likeness (QED) is 0.899. The van der Waals surface area contributed by atoms with Crippen LogP contribution in [0, 0.1) is 5.92 Å². The Balaban J connectivity index is 2.21. The van der Waals surface area contributed by atoms with E-state index < -0.39 is 0 Å². The molecule has 1 unspecified atom stereocenters. The molecule has 5 heteroatoms. The van der Waals surface area contributed by atoms with Crippen LogP contribution in [-0.2, 0) is 0 Å². The molecule has 1 fully saturated rings. The van der Waals surface area contributed by atoms with Crippen molar-refractivity contribution in [3.05, 3.63) is 33.8 Å². The summed E-state index contributed by atoms with van der Waals surface area (Å²) in [5, 5.41) is 0.803. The molecule has 0 bridgehead atoms. The second-order valence-corrected chi connectivity index (χ2v) is 5.05. The zero-order chi connectivity index (χ0) is 12.4. The Morgan fingerprint density at radius 3 is 2.59 bits per heavy atom. The van der Waals surface area contributed by atoms with E-state index in [1.165, 1.54) is 0 Å². The zero-order valence-corrected chi connectivity index (χ0v) is 10.8. The Morgan fingerprint density at radius 2 is 2.06 bits per heavy atom. The minimum atomic E-state index is -0.100. The second kappa shape index (κ2) is 5.25. The van der Waals surface area contributed by atoms with Gasteiger partial charge in [0.2, 0.25) is 0 Å². The fourth-order valence-corrected chi connectivity index (χ4v) is 2.63. The molecule has 92 valence electrons. The monoisotopic (exact) mass is 272 g/mol. The average molecular weight is 273 g/mol. The Morgan fingerprint density at radius 1 is 1.41 bits per heavy atom. The Kier molecular flexibility index (Phi) is 3.92.